The lowest BCUT2D eigenvalue weighted by Gasteiger charge is -2.15. The Bertz CT molecular complexity index is 777. The van der Waals surface area contributed by atoms with Crippen LogP contribution in [0.15, 0.2) is 48.5 Å². The van der Waals surface area contributed by atoms with Crippen molar-refractivity contribution in [2.75, 3.05) is 6.54 Å². The number of halogens is 1. The molecule has 0 aliphatic rings. The second-order valence-corrected chi connectivity index (χ2v) is 6.88. The van der Waals surface area contributed by atoms with Crippen molar-refractivity contribution < 1.29 is 14.0 Å². The number of carbonyl (C=O) groups is 2. The van der Waals surface area contributed by atoms with Gasteiger partial charge in [0.05, 0.1) is 5.56 Å². The lowest BCUT2D eigenvalue weighted by molar-refractivity contribution is -0.121. The Hall–Kier alpha value is -2.53. The van der Waals surface area contributed by atoms with E-state index in [1.54, 1.807) is 13.0 Å². The second-order valence-electron chi connectivity index (χ2n) is 6.88. The Morgan fingerprint density at radius 3 is 2.48 bits per heavy atom. The third kappa shape index (κ3) is 6.29. The molecular weight excluding hydrogens is 343 g/mol. The fraction of sp³-hybridized carbons (Fsp3) is 0.364. The summed E-state index contributed by atoms with van der Waals surface area (Å²) in [7, 11) is 0. The molecule has 1 amide bonds. The predicted molar refractivity (Wildman–Crippen MR) is 105 cm³/mol. The molecule has 5 heteroatoms. The summed E-state index contributed by atoms with van der Waals surface area (Å²) in [5.74, 6) is -0.674. The minimum Gasteiger partial charge on any atom is -0.355 e. The quantitative estimate of drug-likeness (QED) is 0.663. The minimum atomic E-state index is -0.521. The molecule has 3 N–H and O–H groups in total. The van der Waals surface area contributed by atoms with Crippen molar-refractivity contribution in [2.24, 2.45) is 5.73 Å². The Balaban J connectivity index is 1.82. The maximum Gasteiger partial charge on any atom is 0.220 e. The van der Waals surface area contributed by atoms with Crippen LogP contribution in [0.25, 0.3) is 0 Å². The van der Waals surface area contributed by atoms with Crippen molar-refractivity contribution in [1.29, 1.82) is 0 Å². The number of Topliss-reactive ketones (excluding diaryl/α,β-unsaturated/α-hetero) is 1. The van der Waals surface area contributed by atoms with Crippen LogP contribution in [-0.2, 0) is 11.2 Å². The molecule has 0 saturated heterocycles. The second kappa shape index (κ2) is 9.97. The van der Waals surface area contributed by atoms with Gasteiger partial charge in [-0.25, -0.2) is 4.39 Å². The molecule has 0 saturated carbocycles. The highest BCUT2D eigenvalue weighted by Crippen LogP contribution is 2.18. The van der Waals surface area contributed by atoms with Crippen LogP contribution >= 0.6 is 0 Å². The van der Waals surface area contributed by atoms with Crippen LogP contribution in [0.1, 0.15) is 54.1 Å². The standard InChI is InChI=1S/C22H27FN2O2/c1-3-21(26)19-10-9-16(13-20(19)23)12-18(24)14-25-22(27)11-15(2)17-7-5-4-6-8-17/h4-10,13,15,18H,3,11-12,14,24H2,1-2H3,(H,25,27)/t15-,18-/m0/s1. The molecule has 144 valence electrons. The normalized spacial score (nSPS) is 13.0. The third-order valence-electron chi connectivity index (χ3n) is 4.57. The summed E-state index contributed by atoms with van der Waals surface area (Å²) in [6, 6.07) is 14.1. The van der Waals surface area contributed by atoms with Crippen LogP contribution in [0.4, 0.5) is 4.39 Å². The van der Waals surface area contributed by atoms with Crippen LogP contribution in [0.3, 0.4) is 0 Å². The SMILES string of the molecule is CCC(=O)c1ccc(C[C@H](N)CNC(=O)C[C@H](C)c2ccccc2)cc1F. The summed E-state index contributed by atoms with van der Waals surface area (Å²) >= 11 is 0. The van der Waals surface area contributed by atoms with Gasteiger partial charge in [-0.1, -0.05) is 50.2 Å². The van der Waals surface area contributed by atoms with Gasteiger partial charge in [-0.15, -0.1) is 0 Å². The number of carbonyl (C=O) groups excluding carboxylic acids is 2. The van der Waals surface area contributed by atoms with Crippen molar-refractivity contribution in [3.05, 3.63) is 71.0 Å². The number of ketones is 1. The van der Waals surface area contributed by atoms with E-state index in [4.69, 9.17) is 5.73 Å². The molecule has 0 aromatic heterocycles. The van der Waals surface area contributed by atoms with Gasteiger partial charge in [-0.3, -0.25) is 9.59 Å². The minimum absolute atomic E-state index is 0.0584. The van der Waals surface area contributed by atoms with Crippen molar-refractivity contribution in [2.45, 2.75) is 45.1 Å². The Kier molecular flexibility index (Phi) is 7.67. The summed E-state index contributed by atoms with van der Waals surface area (Å²) in [6.07, 6.45) is 1.08. The molecule has 4 nitrogen and oxygen atoms in total. The van der Waals surface area contributed by atoms with Crippen molar-refractivity contribution in [3.8, 4) is 0 Å². The van der Waals surface area contributed by atoms with Crippen LogP contribution in [0.2, 0.25) is 0 Å². The summed E-state index contributed by atoms with van der Waals surface area (Å²) in [4.78, 5) is 23.7. The molecule has 27 heavy (non-hydrogen) atoms. The van der Waals surface area contributed by atoms with Crippen LogP contribution < -0.4 is 11.1 Å². The molecule has 0 spiro atoms. The number of hydrogen-bond donors (Lipinski definition) is 2. The first-order valence-corrected chi connectivity index (χ1v) is 9.29. The van der Waals surface area contributed by atoms with Crippen LogP contribution in [-0.4, -0.2) is 24.3 Å². The van der Waals surface area contributed by atoms with E-state index in [9.17, 15) is 14.0 Å². The highest BCUT2D eigenvalue weighted by atomic mass is 19.1. The largest absolute Gasteiger partial charge is 0.355 e. The molecule has 0 bridgehead atoms. The zero-order valence-corrected chi connectivity index (χ0v) is 15.9. The summed E-state index contributed by atoms with van der Waals surface area (Å²) in [5, 5.41) is 2.84. The zero-order chi connectivity index (χ0) is 19.8. The maximum absolute atomic E-state index is 14.0. The van der Waals surface area contributed by atoms with E-state index in [1.165, 1.54) is 12.1 Å². The Labute approximate surface area is 160 Å². The number of amides is 1. The van der Waals surface area contributed by atoms with Crippen molar-refractivity contribution in [3.63, 3.8) is 0 Å². The van der Waals surface area contributed by atoms with E-state index < -0.39 is 5.82 Å². The summed E-state index contributed by atoms with van der Waals surface area (Å²) < 4.78 is 14.0. The number of nitrogens with two attached hydrogens (primary N) is 1. The van der Waals surface area contributed by atoms with Gasteiger partial charge in [0.25, 0.3) is 0 Å². The number of rotatable bonds is 9. The molecule has 0 aliphatic carbocycles. The zero-order valence-electron chi connectivity index (χ0n) is 15.9. The van der Waals surface area contributed by atoms with Gasteiger partial charge >= 0.3 is 0 Å². The van der Waals surface area contributed by atoms with E-state index in [2.05, 4.69) is 5.32 Å². The first kappa shape index (κ1) is 20.8. The average Bonchev–Trinajstić information content (AvgIpc) is 2.66. The van der Waals surface area contributed by atoms with Gasteiger partial charge in [0, 0.05) is 25.4 Å². The van der Waals surface area contributed by atoms with E-state index in [1.807, 2.05) is 37.3 Å². The smallest absolute Gasteiger partial charge is 0.220 e. The molecule has 0 radical (unpaired) electrons. The van der Waals surface area contributed by atoms with E-state index in [0.717, 1.165) is 5.56 Å². The fourth-order valence-electron chi connectivity index (χ4n) is 2.97. The predicted octanol–water partition coefficient (Wildman–Crippen LogP) is 3.60. The number of benzene rings is 2. The Morgan fingerprint density at radius 1 is 1.15 bits per heavy atom. The fourth-order valence-corrected chi connectivity index (χ4v) is 2.97. The van der Waals surface area contributed by atoms with E-state index in [-0.39, 0.29) is 35.6 Å². The first-order valence-electron chi connectivity index (χ1n) is 9.29. The van der Waals surface area contributed by atoms with Crippen molar-refractivity contribution in [1.82, 2.24) is 5.32 Å². The molecule has 2 aromatic rings. The molecule has 2 atom stereocenters. The molecule has 0 unspecified atom stereocenters. The summed E-state index contributed by atoms with van der Waals surface area (Å²) in [5.41, 5.74) is 8.00. The lowest BCUT2D eigenvalue weighted by Crippen LogP contribution is -2.38. The van der Waals surface area contributed by atoms with Gasteiger partial charge in [-0.05, 0) is 35.6 Å². The number of hydrogen-bond acceptors (Lipinski definition) is 3. The van der Waals surface area contributed by atoms with Gasteiger partial charge < -0.3 is 11.1 Å². The molecule has 2 aromatic carbocycles. The van der Waals surface area contributed by atoms with Crippen molar-refractivity contribution >= 4 is 11.7 Å². The van der Waals surface area contributed by atoms with Gasteiger partial charge in [0.2, 0.25) is 5.91 Å². The summed E-state index contributed by atoms with van der Waals surface area (Å²) in [6.45, 7) is 4.03. The van der Waals surface area contributed by atoms with Crippen LogP contribution in [0.5, 0.6) is 0 Å². The van der Waals surface area contributed by atoms with Crippen LogP contribution in [0, 0.1) is 5.82 Å². The molecule has 2 rings (SSSR count). The Morgan fingerprint density at radius 2 is 1.85 bits per heavy atom. The lowest BCUT2D eigenvalue weighted by atomic mass is 9.97. The highest BCUT2D eigenvalue weighted by molar-refractivity contribution is 5.96. The first-order chi connectivity index (χ1) is 12.9. The monoisotopic (exact) mass is 370 g/mol. The molecule has 0 aliphatic heterocycles. The third-order valence-corrected chi connectivity index (χ3v) is 4.57. The number of nitrogens with one attached hydrogen (secondary N) is 1. The van der Waals surface area contributed by atoms with Gasteiger partial charge in [-0.2, -0.15) is 0 Å². The molecular formula is C22H27FN2O2. The topological polar surface area (TPSA) is 72.2 Å². The molecule has 0 heterocycles. The van der Waals surface area contributed by atoms with Gasteiger partial charge in [0.1, 0.15) is 5.82 Å². The van der Waals surface area contributed by atoms with E-state index >= 15 is 0 Å². The van der Waals surface area contributed by atoms with Gasteiger partial charge in [0.15, 0.2) is 5.78 Å². The van der Waals surface area contributed by atoms with E-state index in [0.29, 0.717) is 24.9 Å². The average molecular weight is 370 g/mol. The molecule has 0 fully saturated rings. The highest BCUT2D eigenvalue weighted by Gasteiger charge is 2.14. The maximum atomic E-state index is 14.0.